The van der Waals surface area contributed by atoms with Crippen molar-refractivity contribution < 1.29 is 9.53 Å². The fourth-order valence-corrected chi connectivity index (χ4v) is 1.84. The molecular formula is C14H12ClNO2. The normalized spacial score (nSPS) is 10.2. The minimum absolute atomic E-state index is 0.157. The quantitative estimate of drug-likeness (QED) is 0.796. The highest BCUT2D eigenvalue weighted by Gasteiger charge is 2.14. The van der Waals surface area contributed by atoms with Crippen LogP contribution in [0.25, 0.3) is 0 Å². The van der Waals surface area contributed by atoms with Gasteiger partial charge in [-0.05, 0) is 24.6 Å². The highest BCUT2D eigenvalue weighted by Crippen LogP contribution is 2.23. The SMILES string of the molecule is COc1cncc(C(=O)c2cccc(C)c2Cl)c1. The Morgan fingerprint density at radius 2 is 2.11 bits per heavy atom. The predicted molar refractivity (Wildman–Crippen MR) is 70.4 cm³/mol. The zero-order chi connectivity index (χ0) is 13.1. The maximum atomic E-state index is 12.3. The number of ether oxygens (including phenoxy) is 1. The first kappa shape index (κ1) is 12.6. The van der Waals surface area contributed by atoms with Crippen LogP contribution in [0.3, 0.4) is 0 Å². The number of aryl methyl sites for hydroxylation is 1. The Morgan fingerprint density at radius 3 is 2.83 bits per heavy atom. The van der Waals surface area contributed by atoms with Gasteiger partial charge in [0.15, 0.2) is 5.78 Å². The van der Waals surface area contributed by atoms with Gasteiger partial charge < -0.3 is 4.74 Å². The molecule has 18 heavy (non-hydrogen) atoms. The fourth-order valence-electron chi connectivity index (χ4n) is 1.63. The van der Waals surface area contributed by atoms with E-state index >= 15 is 0 Å². The van der Waals surface area contributed by atoms with E-state index in [0.717, 1.165) is 5.56 Å². The molecule has 0 saturated carbocycles. The first-order valence-corrected chi connectivity index (χ1v) is 5.80. The molecule has 0 aliphatic heterocycles. The number of hydrogen-bond acceptors (Lipinski definition) is 3. The van der Waals surface area contributed by atoms with Crippen LogP contribution >= 0.6 is 11.6 Å². The molecule has 2 rings (SSSR count). The summed E-state index contributed by atoms with van der Waals surface area (Å²) < 4.78 is 5.05. The van der Waals surface area contributed by atoms with Gasteiger partial charge in [0, 0.05) is 17.3 Å². The summed E-state index contributed by atoms with van der Waals surface area (Å²) >= 11 is 6.14. The van der Waals surface area contributed by atoms with E-state index in [0.29, 0.717) is 21.9 Å². The predicted octanol–water partition coefficient (Wildman–Crippen LogP) is 3.28. The van der Waals surface area contributed by atoms with Gasteiger partial charge in [0.1, 0.15) is 5.75 Å². The Hall–Kier alpha value is -1.87. The zero-order valence-electron chi connectivity index (χ0n) is 10.1. The number of hydrogen-bond donors (Lipinski definition) is 0. The Balaban J connectivity index is 2.44. The summed E-state index contributed by atoms with van der Waals surface area (Å²) in [4.78, 5) is 16.3. The molecule has 4 heteroatoms. The number of halogens is 1. The van der Waals surface area contributed by atoms with E-state index < -0.39 is 0 Å². The maximum Gasteiger partial charge on any atom is 0.196 e. The molecule has 0 amide bonds. The molecule has 0 N–H and O–H groups in total. The molecular weight excluding hydrogens is 250 g/mol. The molecule has 0 unspecified atom stereocenters. The van der Waals surface area contributed by atoms with Crippen molar-refractivity contribution in [3.05, 3.63) is 58.4 Å². The lowest BCUT2D eigenvalue weighted by molar-refractivity contribution is 0.103. The van der Waals surface area contributed by atoms with Crippen LogP contribution in [0.2, 0.25) is 5.02 Å². The van der Waals surface area contributed by atoms with Gasteiger partial charge in [-0.15, -0.1) is 0 Å². The van der Waals surface area contributed by atoms with Crippen LogP contribution in [-0.2, 0) is 0 Å². The van der Waals surface area contributed by atoms with E-state index in [-0.39, 0.29) is 5.78 Å². The fraction of sp³-hybridized carbons (Fsp3) is 0.143. The summed E-state index contributed by atoms with van der Waals surface area (Å²) in [5.41, 5.74) is 1.81. The number of benzene rings is 1. The van der Waals surface area contributed by atoms with Crippen molar-refractivity contribution in [3.8, 4) is 5.75 Å². The van der Waals surface area contributed by atoms with Crippen molar-refractivity contribution >= 4 is 17.4 Å². The molecule has 0 saturated heterocycles. The van der Waals surface area contributed by atoms with E-state index in [1.165, 1.54) is 13.3 Å². The first-order chi connectivity index (χ1) is 8.63. The zero-order valence-corrected chi connectivity index (χ0v) is 10.9. The van der Waals surface area contributed by atoms with Crippen molar-refractivity contribution in [1.82, 2.24) is 4.98 Å². The molecule has 3 nitrogen and oxygen atoms in total. The Bertz CT molecular complexity index is 596. The molecule has 0 radical (unpaired) electrons. The number of rotatable bonds is 3. The molecule has 0 aliphatic rings. The second-order valence-corrected chi connectivity index (χ2v) is 4.26. The third kappa shape index (κ3) is 2.36. The number of nitrogens with zero attached hydrogens (tertiary/aromatic N) is 1. The molecule has 0 fully saturated rings. The summed E-state index contributed by atoms with van der Waals surface area (Å²) in [7, 11) is 1.53. The number of ketones is 1. The van der Waals surface area contributed by atoms with Gasteiger partial charge in [-0.1, -0.05) is 23.7 Å². The van der Waals surface area contributed by atoms with Crippen LogP contribution in [-0.4, -0.2) is 17.9 Å². The number of pyridine rings is 1. The van der Waals surface area contributed by atoms with Crippen molar-refractivity contribution in [3.63, 3.8) is 0 Å². The molecule has 0 bridgehead atoms. The van der Waals surface area contributed by atoms with Gasteiger partial charge in [-0.25, -0.2) is 0 Å². The number of carbonyl (C=O) groups is 1. The molecule has 92 valence electrons. The highest BCUT2D eigenvalue weighted by molar-refractivity contribution is 6.35. The van der Waals surface area contributed by atoms with Crippen molar-refractivity contribution in [2.24, 2.45) is 0 Å². The van der Waals surface area contributed by atoms with E-state index in [9.17, 15) is 4.79 Å². The van der Waals surface area contributed by atoms with Gasteiger partial charge in [0.25, 0.3) is 0 Å². The van der Waals surface area contributed by atoms with Crippen LogP contribution in [0.1, 0.15) is 21.5 Å². The first-order valence-electron chi connectivity index (χ1n) is 5.42. The second-order valence-electron chi connectivity index (χ2n) is 3.88. The molecule has 0 atom stereocenters. The smallest absolute Gasteiger partial charge is 0.196 e. The topological polar surface area (TPSA) is 39.2 Å². The van der Waals surface area contributed by atoms with Crippen molar-refractivity contribution in [2.75, 3.05) is 7.11 Å². The van der Waals surface area contributed by atoms with E-state index in [1.54, 1.807) is 18.3 Å². The molecule has 1 heterocycles. The minimum Gasteiger partial charge on any atom is -0.495 e. The van der Waals surface area contributed by atoms with Gasteiger partial charge in [-0.2, -0.15) is 0 Å². The summed E-state index contributed by atoms with van der Waals surface area (Å²) in [6.45, 7) is 1.86. The minimum atomic E-state index is -0.157. The van der Waals surface area contributed by atoms with E-state index in [4.69, 9.17) is 16.3 Å². The lowest BCUT2D eigenvalue weighted by Crippen LogP contribution is -2.04. The Kier molecular flexibility index (Phi) is 3.63. The monoisotopic (exact) mass is 261 g/mol. The van der Waals surface area contributed by atoms with Crippen molar-refractivity contribution in [2.45, 2.75) is 6.92 Å². The highest BCUT2D eigenvalue weighted by atomic mass is 35.5. The lowest BCUT2D eigenvalue weighted by atomic mass is 10.0. The average molecular weight is 262 g/mol. The number of carbonyl (C=O) groups excluding carboxylic acids is 1. The van der Waals surface area contributed by atoms with E-state index in [2.05, 4.69) is 4.98 Å². The summed E-state index contributed by atoms with van der Waals surface area (Å²) in [5, 5.41) is 0.477. The second kappa shape index (κ2) is 5.19. The third-order valence-corrected chi connectivity index (χ3v) is 3.15. The molecule has 2 aromatic rings. The lowest BCUT2D eigenvalue weighted by Gasteiger charge is -2.06. The average Bonchev–Trinajstić information content (AvgIpc) is 2.41. The van der Waals surface area contributed by atoms with E-state index in [1.807, 2.05) is 19.1 Å². The summed E-state index contributed by atoms with van der Waals surface area (Å²) in [5.74, 6) is 0.389. The third-order valence-electron chi connectivity index (χ3n) is 2.65. The van der Waals surface area contributed by atoms with Crippen LogP contribution in [0, 0.1) is 6.92 Å². The Morgan fingerprint density at radius 1 is 1.33 bits per heavy atom. The summed E-state index contributed by atoms with van der Waals surface area (Å²) in [6, 6.07) is 7.02. The van der Waals surface area contributed by atoms with Crippen molar-refractivity contribution in [1.29, 1.82) is 0 Å². The van der Waals surface area contributed by atoms with Gasteiger partial charge >= 0.3 is 0 Å². The maximum absolute atomic E-state index is 12.3. The van der Waals surface area contributed by atoms with Crippen LogP contribution in [0.5, 0.6) is 5.75 Å². The Labute approximate surface area is 110 Å². The summed E-state index contributed by atoms with van der Waals surface area (Å²) in [6.07, 6.45) is 3.05. The van der Waals surface area contributed by atoms with Gasteiger partial charge in [0.05, 0.1) is 18.3 Å². The number of methoxy groups -OCH3 is 1. The number of aromatic nitrogens is 1. The van der Waals surface area contributed by atoms with Gasteiger partial charge in [0.2, 0.25) is 0 Å². The molecule has 1 aromatic carbocycles. The molecule has 0 spiro atoms. The van der Waals surface area contributed by atoms with Crippen LogP contribution in [0.15, 0.2) is 36.7 Å². The standard InChI is InChI=1S/C14H12ClNO2/c1-9-4-3-5-12(13(9)15)14(17)10-6-11(18-2)8-16-7-10/h3-8H,1-2H3. The van der Waals surface area contributed by atoms with Crippen LogP contribution in [0.4, 0.5) is 0 Å². The van der Waals surface area contributed by atoms with Crippen LogP contribution < -0.4 is 4.74 Å². The van der Waals surface area contributed by atoms with Gasteiger partial charge in [-0.3, -0.25) is 9.78 Å². The molecule has 1 aromatic heterocycles. The molecule has 0 aliphatic carbocycles. The largest absolute Gasteiger partial charge is 0.495 e.